The number of anilines is 1. The highest BCUT2D eigenvalue weighted by Gasteiger charge is 2.08. The number of ether oxygens (including phenoxy) is 1. The van der Waals surface area contributed by atoms with Crippen molar-refractivity contribution in [3.8, 4) is 5.75 Å². The van der Waals surface area contributed by atoms with Gasteiger partial charge in [0.2, 0.25) is 11.8 Å². The summed E-state index contributed by atoms with van der Waals surface area (Å²) in [6, 6.07) is 15.0. The molecule has 0 atom stereocenters. The molecular formula is C18H20N2O3S. The number of para-hydroxylation sites is 1. The number of thioether (sulfide) groups is 1. The highest BCUT2D eigenvalue weighted by atomic mass is 32.2. The number of hydrogen-bond donors (Lipinski definition) is 2. The van der Waals surface area contributed by atoms with E-state index in [4.69, 9.17) is 10.5 Å². The number of primary amides is 1. The molecule has 2 rings (SSSR count). The fraction of sp³-hybridized carbons (Fsp3) is 0.222. The van der Waals surface area contributed by atoms with Gasteiger partial charge in [-0.1, -0.05) is 24.3 Å². The number of hydrogen-bond acceptors (Lipinski definition) is 4. The van der Waals surface area contributed by atoms with Gasteiger partial charge in [0.15, 0.2) is 0 Å². The van der Waals surface area contributed by atoms with Crippen LogP contribution in [0.2, 0.25) is 0 Å². The first-order valence-electron chi connectivity index (χ1n) is 7.51. The summed E-state index contributed by atoms with van der Waals surface area (Å²) in [5.41, 5.74) is 6.94. The van der Waals surface area contributed by atoms with Crippen LogP contribution in [0.25, 0.3) is 0 Å². The van der Waals surface area contributed by atoms with E-state index in [0.717, 1.165) is 16.2 Å². The Kier molecular flexibility index (Phi) is 6.69. The van der Waals surface area contributed by atoms with Gasteiger partial charge in [0.25, 0.3) is 0 Å². The fourth-order valence-corrected chi connectivity index (χ4v) is 2.85. The smallest absolute Gasteiger partial charge is 0.227 e. The van der Waals surface area contributed by atoms with Crippen molar-refractivity contribution in [2.45, 2.75) is 17.7 Å². The molecule has 0 heterocycles. The zero-order chi connectivity index (χ0) is 17.4. The van der Waals surface area contributed by atoms with E-state index in [-0.39, 0.29) is 17.6 Å². The van der Waals surface area contributed by atoms with Crippen molar-refractivity contribution >= 4 is 29.3 Å². The summed E-state index contributed by atoms with van der Waals surface area (Å²) in [6.45, 7) is 0. The molecule has 0 radical (unpaired) electrons. The van der Waals surface area contributed by atoms with Crippen molar-refractivity contribution in [2.24, 2.45) is 5.73 Å². The first kappa shape index (κ1) is 17.9. The van der Waals surface area contributed by atoms with Gasteiger partial charge in [-0.15, -0.1) is 11.8 Å². The molecule has 2 aromatic carbocycles. The zero-order valence-corrected chi connectivity index (χ0v) is 14.3. The molecule has 0 bridgehead atoms. The number of nitrogens with one attached hydrogen (secondary N) is 1. The van der Waals surface area contributed by atoms with E-state index in [0.29, 0.717) is 18.5 Å². The topological polar surface area (TPSA) is 81.4 Å². The molecule has 2 aromatic rings. The van der Waals surface area contributed by atoms with Crippen LogP contribution < -0.4 is 15.8 Å². The number of carbonyl (C=O) groups excluding carboxylic acids is 2. The Bertz CT molecular complexity index is 702. The second-order valence-corrected chi connectivity index (χ2v) is 6.16. The zero-order valence-electron chi connectivity index (χ0n) is 13.5. The van der Waals surface area contributed by atoms with Gasteiger partial charge in [0.1, 0.15) is 5.75 Å². The Morgan fingerprint density at radius 1 is 1.12 bits per heavy atom. The summed E-state index contributed by atoms with van der Waals surface area (Å²) in [4.78, 5) is 23.9. The maximum absolute atomic E-state index is 12.2. The molecule has 2 amide bonds. The van der Waals surface area contributed by atoms with Crippen LogP contribution in [0.1, 0.15) is 12.0 Å². The van der Waals surface area contributed by atoms with Crippen molar-refractivity contribution in [3.05, 3.63) is 54.1 Å². The van der Waals surface area contributed by atoms with Crippen molar-refractivity contribution in [1.82, 2.24) is 0 Å². The summed E-state index contributed by atoms with van der Waals surface area (Å²) in [5.74, 6) is 0.515. The Morgan fingerprint density at radius 2 is 1.83 bits per heavy atom. The van der Waals surface area contributed by atoms with Gasteiger partial charge in [-0.2, -0.15) is 0 Å². The van der Waals surface area contributed by atoms with Crippen LogP contribution in [0.3, 0.4) is 0 Å². The summed E-state index contributed by atoms with van der Waals surface area (Å²) in [5, 5.41) is 2.89. The van der Waals surface area contributed by atoms with Gasteiger partial charge in [-0.3, -0.25) is 9.59 Å². The van der Waals surface area contributed by atoms with Gasteiger partial charge in [0.05, 0.1) is 18.6 Å². The molecule has 0 saturated heterocycles. The number of methoxy groups -OCH3 is 1. The molecule has 0 aliphatic carbocycles. The van der Waals surface area contributed by atoms with Crippen LogP contribution in [-0.2, 0) is 16.0 Å². The van der Waals surface area contributed by atoms with E-state index >= 15 is 0 Å². The van der Waals surface area contributed by atoms with E-state index < -0.39 is 0 Å². The summed E-state index contributed by atoms with van der Waals surface area (Å²) in [7, 11) is 1.62. The summed E-state index contributed by atoms with van der Waals surface area (Å²) < 4.78 is 5.11. The third-order valence-electron chi connectivity index (χ3n) is 3.33. The van der Waals surface area contributed by atoms with Crippen molar-refractivity contribution in [1.29, 1.82) is 0 Å². The van der Waals surface area contributed by atoms with E-state index in [1.807, 2.05) is 48.5 Å². The van der Waals surface area contributed by atoms with Gasteiger partial charge in [-0.05, 0) is 36.2 Å². The molecule has 0 spiro atoms. The van der Waals surface area contributed by atoms with Crippen molar-refractivity contribution < 1.29 is 14.3 Å². The summed E-state index contributed by atoms with van der Waals surface area (Å²) >= 11 is 1.31. The number of amides is 2. The van der Waals surface area contributed by atoms with Crippen LogP contribution in [0.4, 0.5) is 5.69 Å². The second-order valence-electron chi connectivity index (χ2n) is 5.15. The van der Waals surface area contributed by atoms with Crippen LogP contribution >= 0.6 is 11.8 Å². The van der Waals surface area contributed by atoms with Crippen LogP contribution in [0, 0.1) is 0 Å². The molecule has 6 heteroatoms. The van der Waals surface area contributed by atoms with Gasteiger partial charge in [-0.25, -0.2) is 0 Å². The number of rotatable bonds is 8. The molecule has 0 fully saturated rings. The maximum Gasteiger partial charge on any atom is 0.227 e. The number of nitrogens with two attached hydrogens (primary N) is 1. The van der Waals surface area contributed by atoms with Crippen LogP contribution in [-0.4, -0.2) is 24.7 Å². The quantitative estimate of drug-likeness (QED) is 0.722. The first-order chi connectivity index (χ1) is 11.6. The Balaban J connectivity index is 1.90. The van der Waals surface area contributed by atoms with E-state index in [9.17, 15) is 9.59 Å². The second kappa shape index (κ2) is 8.98. The minimum Gasteiger partial charge on any atom is -0.497 e. The third kappa shape index (κ3) is 5.62. The maximum atomic E-state index is 12.2. The van der Waals surface area contributed by atoms with Gasteiger partial charge < -0.3 is 15.8 Å². The number of aryl methyl sites for hydroxylation is 1. The van der Waals surface area contributed by atoms with Crippen LogP contribution in [0.5, 0.6) is 5.75 Å². The monoisotopic (exact) mass is 344 g/mol. The molecule has 0 aromatic heterocycles. The molecule has 0 unspecified atom stereocenters. The number of carbonyl (C=O) groups is 2. The highest BCUT2D eigenvalue weighted by molar-refractivity contribution is 8.00. The van der Waals surface area contributed by atoms with Gasteiger partial charge >= 0.3 is 0 Å². The lowest BCUT2D eigenvalue weighted by atomic mass is 10.1. The Morgan fingerprint density at radius 3 is 2.50 bits per heavy atom. The average molecular weight is 344 g/mol. The highest BCUT2D eigenvalue weighted by Crippen LogP contribution is 2.26. The predicted octanol–water partition coefficient (Wildman–Crippen LogP) is 2.84. The fourth-order valence-electron chi connectivity index (χ4n) is 2.11. The Labute approximate surface area is 145 Å². The van der Waals surface area contributed by atoms with E-state index in [1.54, 1.807) is 7.11 Å². The lowest BCUT2D eigenvalue weighted by molar-refractivity contribution is -0.116. The molecular weight excluding hydrogens is 324 g/mol. The van der Waals surface area contributed by atoms with E-state index in [2.05, 4.69) is 5.32 Å². The number of benzene rings is 2. The molecule has 24 heavy (non-hydrogen) atoms. The van der Waals surface area contributed by atoms with E-state index in [1.165, 1.54) is 11.8 Å². The Hall–Kier alpha value is -2.47. The normalized spacial score (nSPS) is 10.2. The van der Waals surface area contributed by atoms with Crippen molar-refractivity contribution in [2.75, 3.05) is 18.2 Å². The largest absolute Gasteiger partial charge is 0.497 e. The summed E-state index contributed by atoms with van der Waals surface area (Å²) in [6.07, 6.45) is 1.02. The molecule has 126 valence electrons. The molecule has 0 saturated carbocycles. The third-order valence-corrected chi connectivity index (χ3v) is 4.43. The molecule has 0 aliphatic heterocycles. The molecule has 5 nitrogen and oxygen atoms in total. The SMILES string of the molecule is COc1ccc(CCC(=O)Nc2ccccc2SCC(N)=O)cc1. The molecule has 0 aliphatic rings. The molecule has 3 N–H and O–H groups in total. The minimum atomic E-state index is -0.388. The lowest BCUT2D eigenvalue weighted by Gasteiger charge is -2.10. The minimum absolute atomic E-state index is 0.0713. The first-order valence-corrected chi connectivity index (χ1v) is 8.50. The van der Waals surface area contributed by atoms with Crippen LogP contribution in [0.15, 0.2) is 53.4 Å². The van der Waals surface area contributed by atoms with Gasteiger partial charge in [0, 0.05) is 11.3 Å². The standard InChI is InChI=1S/C18H20N2O3S/c1-23-14-9-6-13(7-10-14)8-11-18(22)20-15-4-2-3-5-16(15)24-12-17(19)21/h2-7,9-10H,8,11-12H2,1H3,(H2,19,21)(H,20,22). The van der Waals surface area contributed by atoms with Crippen molar-refractivity contribution in [3.63, 3.8) is 0 Å². The predicted molar refractivity (Wildman–Crippen MR) is 96.3 cm³/mol. The lowest BCUT2D eigenvalue weighted by Crippen LogP contribution is -2.15. The average Bonchev–Trinajstić information content (AvgIpc) is 2.59.